The van der Waals surface area contributed by atoms with Gasteiger partial charge in [-0.25, -0.2) is 0 Å². The van der Waals surface area contributed by atoms with E-state index in [0.717, 1.165) is 5.56 Å². The molecule has 4 heteroatoms. The molecule has 2 rings (SSSR count). The fourth-order valence-corrected chi connectivity index (χ4v) is 2.07. The number of carbonyl (C=O) groups excluding carboxylic acids is 1. The fourth-order valence-electron chi connectivity index (χ4n) is 2.07. The molecule has 0 radical (unpaired) electrons. The molecule has 0 aliphatic carbocycles. The Morgan fingerprint density at radius 1 is 0.864 bits per heavy atom. The molecule has 2 aromatic rings. The van der Waals surface area contributed by atoms with Crippen molar-refractivity contribution in [1.29, 1.82) is 0 Å². The molecule has 2 aromatic carbocycles. The molecular weight excluding hydrogens is 280 g/mol. The van der Waals surface area contributed by atoms with Crippen molar-refractivity contribution in [1.82, 2.24) is 0 Å². The second-order valence-electron chi connectivity index (χ2n) is 4.51. The summed E-state index contributed by atoms with van der Waals surface area (Å²) >= 11 is 0. The van der Waals surface area contributed by atoms with Crippen LogP contribution in [0.3, 0.4) is 0 Å². The molecule has 0 aliphatic rings. The topological polar surface area (TPSA) is 44.8 Å². The van der Waals surface area contributed by atoms with E-state index in [-0.39, 0.29) is 5.78 Å². The minimum atomic E-state index is -0.118. The number of hydrogen-bond acceptors (Lipinski definition) is 4. The molecule has 0 aliphatic heterocycles. The van der Waals surface area contributed by atoms with Gasteiger partial charge in [-0.3, -0.25) is 4.79 Å². The Kier molecular flexibility index (Phi) is 5.20. The Morgan fingerprint density at radius 2 is 1.55 bits per heavy atom. The summed E-state index contributed by atoms with van der Waals surface area (Å²) in [6, 6.07) is 12.6. The minimum Gasteiger partial charge on any atom is -0.496 e. The number of carbonyl (C=O) groups is 1. The van der Waals surface area contributed by atoms with E-state index in [1.807, 2.05) is 18.2 Å². The number of para-hydroxylation sites is 1. The number of ether oxygens (including phenoxy) is 3. The van der Waals surface area contributed by atoms with Crippen LogP contribution in [0.1, 0.15) is 15.9 Å². The summed E-state index contributed by atoms with van der Waals surface area (Å²) in [5.74, 6) is 1.71. The Labute approximate surface area is 129 Å². The second-order valence-corrected chi connectivity index (χ2v) is 4.51. The van der Waals surface area contributed by atoms with Gasteiger partial charge in [0.1, 0.15) is 5.75 Å². The zero-order valence-corrected chi connectivity index (χ0v) is 12.8. The average Bonchev–Trinajstić information content (AvgIpc) is 2.59. The van der Waals surface area contributed by atoms with Crippen molar-refractivity contribution in [2.75, 3.05) is 21.3 Å². The Hall–Kier alpha value is -2.75. The summed E-state index contributed by atoms with van der Waals surface area (Å²) in [5, 5.41) is 0. The van der Waals surface area contributed by atoms with Crippen molar-refractivity contribution in [3.63, 3.8) is 0 Å². The van der Waals surface area contributed by atoms with Crippen LogP contribution in [0.15, 0.2) is 48.5 Å². The van der Waals surface area contributed by atoms with E-state index in [9.17, 15) is 4.79 Å². The van der Waals surface area contributed by atoms with E-state index in [1.165, 1.54) is 6.08 Å². The van der Waals surface area contributed by atoms with E-state index in [1.54, 1.807) is 51.7 Å². The molecule has 22 heavy (non-hydrogen) atoms. The third-order valence-corrected chi connectivity index (χ3v) is 3.21. The lowest BCUT2D eigenvalue weighted by atomic mass is 10.1. The van der Waals surface area contributed by atoms with E-state index in [2.05, 4.69) is 0 Å². The van der Waals surface area contributed by atoms with Gasteiger partial charge in [0, 0.05) is 0 Å². The summed E-state index contributed by atoms with van der Waals surface area (Å²) in [4.78, 5) is 12.3. The molecular formula is C18H18O4. The molecule has 0 atom stereocenters. The highest BCUT2D eigenvalue weighted by atomic mass is 16.5. The maximum absolute atomic E-state index is 12.3. The quantitative estimate of drug-likeness (QED) is 0.603. The van der Waals surface area contributed by atoms with Crippen molar-refractivity contribution in [2.24, 2.45) is 0 Å². The van der Waals surface area contributed by atoms with Crippen LogP contribution >= 0.6 is 0 Å². The molecule has 0 saturated heterocycles. The van der Waals surface area contributed by atoms with E-state index >= 15 is 0 Å². The molecule has 0 spiro atoms. The fraction of sp³-hybridized carbons (Fsp3) is 0.167. The van der Waals surface area contributed by atoms with E-state index in [4.69, 9.17) is 14.2 Å². The van der Waals surface area contributed by atoms with Gasteiger partial charge in [-0.2, -0.15) is 0 Å². The van der Waals surface area contributed by atoms with Crippen LogP contribution < -0.4 is 14.2 Å². The first-order chi connectivity index (χ1) is 10.7. The predicted octanol–water partition coefficient (Wildman–Crippen LogP) is 3.61. The van der Waals surface area contributed by atoms with Gasteiger partial charge in [-0.1, -0.05) is 24.3 Å². The first-order valence-corrected chi connectivity index (χ1v) is 6.77. The molecule has 0 N–H and O–H groups in total. The first kappa shape index (κ1) is 15.6. The summed E-state index contributed by atoms with van der Waals surface area (Å²) in [7, 11) is 4.70. The van der Waals surface area contributed by atoms with Crippen molar-refractivity contribution < 1.29 is 19.0 Å². The van der Waals surface area contributed by atoms with Crippen molar-refractivity contribution in [2.45, 2.75) is 0 Å². The number of hydrogen-bond donors (Lipinski definition) is 0. The molecule has 0 heterocycles. The van der Waals surface area contributed by atoms with Crippen LogP contribution in [0.2, 0.25) is 0 Å². The zero-order valence-electron chi connectivity index (χ0n) is 12.8. The standard InChI is InChI=1S/C18H18O4/c1-20-16-7-5-4-6-14(16)15(19)10-8-13-9-11-17(21-2)18(12-13)22-3/h4-12H,1-3H3/b10-8+. The Balaban J connectivity index is 2.23. The molecule has 114 valence electrons. The second kappa shape index (κ2) is 7.31. The van der Waals surface area contributed by atoms with Gasteiger partial charge in [-0.05, 0) is 35.9 Å². The lowest BCUT2D eigenvalue weighted by Crippen LogP contribution is -1.98. The number of benzene rings is 2. The van der Waals surface area contributed by atoms with Crippen molar-refractivity contribution >= 4 is 11.9 Å². The van der Waals surface area contributed by atoms with Gasteiger partial charge in [-0.15, -0.1) is 0 Å². The highest BCUT2D eigenvalue weighted by Gasteiger charge is 2.08. The monoisotopic (exact) mass is 298 g/mol. The van der Waals surface area contributed by atoms with Gasteiger partial charge in [0.15, 0.2) is 17.3 Å². The Bertz CT molecular complexity index is 689. The highest BCUT2D eigenvalue weighted by Crippen LogP contribution is 2.28. The predicted molar refractivity (Wildman–Crippen MR) is 85.9 cm³/mol. The molecule has 0 amide bonds. The normalized spacial score (nSPS) is 10.5. The SMILES string of the molecule is COc1ccc(/C=C/C(=O)c2ccccc2OC)cc1OC. The Morgan fingerprint density at radius 3 is 2.23 bits per heavy atom. The molecule has 0 unspecified atom stereocenters. The van der Waals surface area contributed by atoms with Gasteiger partial charge in [0.2, 0.25) is 0 Å². The highest BCUT2D eigenvalue weighted by molar-refractivity contribution is 6.08. The van der Waals surface area contributed by atoms with Crippen LogP contribution in [0.4, 0.5) is 0 Å². The summed E-state index contributed by atoms with van der Waals surface area (Å²) in [5.41, 5.74) is 1.38. The van der Waals surface area contributed by atoms with Crippen LogP contribution in [0, 0.1) is 0 Å². The average molecular weight is 298 g/mol. The molecule has 0 bridgehead atoms. The largest absolute Gasteiger partial charge is 0.496 e. The minimum absolute atomic E-state index is 0.118. The van der Waals surface area contributed by atoms with E-state index in [0.29, 0.717) is 22.8 Å². The van der Waals surface area contributed by atoms with Crippen molar-refractivity contribution in [3.8, 4) is 17.2 Å². The first-order valence-electron chi connectivity index (χ1n) is 6.77. The smallest absolute Gasteiger partial charge is 0.189 e. The molecule has 0 saturated carbocycles. The van der Waals surface area contributed by atoms with Gasteiger partial charge in [0.25, 0.3) is 0 Å². The van der Waals surface area contributed by atoms with Gasteiger partial charge >= 0.3 is 0 Å². The van der Waals surface area contributed by atoms with Crippen LogP contribution in [-0.2, 0) is 0 Å². The van der Waals surface area contributed by atoms with Crippen molar-refractivity contribution in [3.05, 3.63) is 59.7 Å². The number of ketones is 1. The van der Waals surface area contributed by atoms with Gasteiger partial charge in [0.05, 0.1) is 26.9 Å². The maximum Gasteiger partial charge on any atom is 0.189 e. The lowest BCUT2D eigenvalue weighted by Gasteiger charge is -2.07. The summed E-state index contributed by atoms with van der Waals surface area (Å²) in [6.07, 6.45) is 3.25. The van der Waals surface area contributed by atoms with Crippen LogP contribution in [0.25, 0.3) is 6.08 Å². The van der Waals surface area contributed by atoms with Crippen LogP contribution in [0.5, 0.6) is 17.2 Å². The summed E-state index contributed by atoms with van der Waals surface area (Å²) < 4.78 is 15.6. The number of allylic oxidation sites excluding steroid dienone is 1. The third kappa shape index (κ3) is 3.47. The molecule has 0 aromatic heterocycles. The molecule has 4 nitrogen and oxygen atoms in total. The number of methoxy groups -OCH3 is 3. The number of rotatable bonds is 6. The molecule has 0 fully saturated rings. The lowest BCUT2D eigenvalue weighted by molar-refractivity contribution is 0.104. The summed E-state index contributed by atoms with van der Waals surface area (Å²) in [6.45, 7) is 0. The third-order valence-electron chi connectivity index (χ3n) is 3.21. The zero-order chi connectivity index (χ0) is 15.9. The van der Waals surface area contributed by atoms with Crippen LogP contribution in [-0.4, -0.2) is 27.1 Å². The maximum atomic E-state index is 12.3. The van der Waals surface area contributed by atoms with E-state index < -0.39 is 0 Å². The van der Waals surface area contributed by atoms with Gasteiger partial charge < -0.3 is 14.2 Å².